The molecule has 1 rings (SSSR count). The molecule has 3 unspecified atom stereocenters. The molecule has 0 saturated heterocycles. The Hall–Kier alpha value is -0.290. The number of hydrogen-bond acceptors (Lipinski definition) is 2. The van der Waals surface area contributed by atoms with E-state index in [0.717, 1.165) is 19.8 Å². The second-order valence-corrected chi connectivity index (χ2v) is 3.87. The van der Waals surface area contributed by atoms with Gasteiger partial charge in [-0.1, -0.05) is 0 Å². The molecule has 14 heavy (non-hydrogen) atoms. The largest absolute Gasteiger partial charge is 0.414 e. The normalized spacial score (nSPS) is 31.5. The first-order valence-electron chi connectivity index (χ1n) is 4.87. The van der Waals surface area contributed by atoms with E-state index in [4.69, 9.17) is 10.5 Å². The molecule has 2 N–H and O–H groups in total. The lowest BCUT2D eigenvalue weighted by molar-refractivity contribution is -0.229. The number of ether oxygens (including phenoxy) is 1. The van der Waals surface area contributed by atoms with Gasteiger partial charge in [0.15, 0.2) is 6.10 Å². The monoisotopic (exact) mass is 211 g/mol. The predicted octanol–water partition coefficient (Wildman–Crippen LogP) is 2.22. The van der Waals surface area contributed by atoms with Crippen molar-refractivity contribution in [2.75, 3.05) is 0 Å². The summed E-state index contributed by atoms with van der Waals surface area (Å²) < 4.78 is 41.4. The van der Waals surface area contributed by atoms with Crippen molar-refractivity contribution in [1.29, 1.82) is 0 Å². The fourth-order valence-corrected chi connectivity index (χ4v) is 1.67. The van der Waals surface area contributed by atoms with Gasteiger partial charge in [-0.05, 0) is 32.6 Å². The molecule has 0 aromatic carbocycles. The summed E-state index contributed by atoms with van der Waals surface area (Å²) in [5, 5.41) is 0. The van der Waals surface area contributed by atoms with Crippen molar-refractivity contribution in [2.45, 2.75) is 57.0 Å². The summed E-state index contributed by atoms with van der Waals surface area (Å²) in [5.41, 5.74) is 5.65. The van der Waals surface area contributed by atoms with E-state index < -0.39 is 12.3 Å². The molecule has 0 aliphatic heterocycles. The molecule has 0 radical (unpaired) electrons. The van der Waals surface area contributed by atoms with Crippen LogP contribution < -0.4 is 5.73 Å². The van der Waals surface area contributed by atoms with Crippen molar-refractivity contribution in [2.24, 2.45) is 5.73 Å². The van der Waals surface area contributed by atoms with Crippen LogP contribution in [0, 0.1) is 0 Å². The van der Waals surface area contributed by atoms with Gasteiger partial charge in [0.1, 0.15) is 0 Å². The Morgan fingerprint density at radius 2 is 2.00 bits per heavy atom. The number of rotatable bonds is 2. The first-order valence-corrected chi connectivity index (χ1v) is 4.87. The molecule has 0 aromatic rings. The highest BCUT2D eigenvalue weighted by molar-refractivity contribution is 4.77. The Morgan fingerprint density at radius 3 is 2.50 bits per heavy atom. The van der Waals surface area contributed by atoms with Crippen molar-refractivity contribution in [1.82, 2.24) is 0 Å². The van der Waals surface area contributed by atoms with E-state index in [1.165, 1.54) is 0 Å². The molecular weight excluding hydrogens is 195 g/mol. The number of hydrogen-bond donors (Lipinski definition) is 1. The van der Waals surface area contributed by atoms with Crippen molar-refractivity contribution in [3.8, 4) is 0 Å². The van der Waals surface area contributed by atoms with E-state index in [0.29, 0.717) is 12.8 Å². The van der Waals surface area contributed by atoms with Gasteiger partial charge in [-0.15, -0.1) is 0 Å². The van der Waals surface area contributed by atoms with Crippen LogP contribution >= 0.6 is 0 Å². The maximum atomic E-state index is 12.1. The third kappa shape index (κ3) is 3.46. The molecule has 0 bridgehead atoms. The average Bonchev–Trinajstić information content (AvgIpc) is 2.02. The fourth-order valence-electron chi connectivity index (χ4n) is 1.67. The Kier molecular flexibility index (Phi) is 3.78. The highest BCUT2D eigenvalue weighted by atomic mass is 19.4. The molecule has 1 aliphatic rings. The molecule has 3 atom stereocenters. The zero-order chi connectivity index (χ0) is 10.8. The Morgan fingerprint density at radius 1 is 1.36 bits per heavy atom. The predicted molar refractivity (Wildman–Crippen MR) is 46.8 cm³/mol. The van der Waals surface area contributed by atoms with Gasteiger partial charge in [0.25, 0.3) is 0 Å². The molecule has 2 nitrogen and oxygen atoms in total. The smallest absolute Gasteiger partial charge is 0.366 e. The maximum Gasteiger partial charge on any atom is 0.414 e. The summed E-state index contributed by atoms with van der Waals surface area (Å²) in [6.45, 7) is 1.04. The molecule has 1 aliphatic carbocycles. The Labute approximate surface area is 81.6 Å². The number of alkyl halides is 3. The zero-order valence-electron chi connectivity index (χ0n) is 8.18. The average molecular weight is 211 g/mol. The van der Waals surface area contributed by atoms with Gasteiger partial charge in [-0.25, -0.2) is 0 Å². The third-order valence-electron chi connectivity index (χ3n) is 2.52. The van der Waals surface area contributed by atoms with Gasteiger partial charge in [0.2, 0.25) is 0 Å². The first kappa shape index (κ1) is 11.8. The van der Waals surface area contributed by atoms with Crippen molar-refractivity contribution in [3.63, 3.8) is 0 Å². The highest BCUT2D eigenvalue weighted by Crippen LogP contribution is 2.27. The van der Waals surface area contributed by atoms with Crippen LogP contribution in [0.1, 0.15) is 32.6 Å². The van der Waals surface area contributed by atoms with Crippen LogP contribution in [-0.2, 0) is 4.74 Å². The Balaban J connectivity index is 2.36. The zero-order valence-corrected chi connectivity index (χ0v) is 8.18. The van der Waals surface area contributed by atoms with E-state index in [1.54, 1.807) is 0 Å². The van der Waals surface area contributed by atoms with E-state index in [1.807, 2.05) is 0 Å². The number of halogens is 3. The summed E-state index contributed by atoms with van der Waals surface area (Å²) in [6, 6.07) is -0.00539. The van der Waals surface area contributed by atoms with Crippen LogP contribution in [0.5, 0.6) is 0 Å². The summed E-state index contributed by atoms with van der Waals surface area (Å²) in [6.07, 6.45) is -3.29. The SMILES string of the molecule is CC(OC1CCCC(N)C1)C(F)(F)F. The van der Waals surface area contributed by atoms with Crippen LogP contribution in [-0.4, -0.2) is 24.4 Å². The summed E-state index contributed by atoms with van der Waals surface area (Å²) >= 11 is 0. The van der Waals surface area contributed by atoms with Crippen LogP contribution in [0.2, 0.25) is 0 Å². The van der Waals surface area contributed by atoms with Crippen LogP contribution in [0.3, 0.4) is 0 Å². The van der Waals surface area contributed by atoms with Crippen LogP contribution in [0.15, 0.2) is 0 Å². The summed E-state index contributed by atoms with van der Waals surface area (Å²) in [4.78, 5) is 0. The molecule has 0 heterocycles. The van der Waals surface area contributed by atoms with Crippen molar-refractivity contribution >= 4 is 0 Å². The van der Waals surface area contributed by atoms with Gasteiger partial charge in [-0.3, -0.25) is 0 Å². The minimum absolute atomic E-state index is 0.00539. The molecule has 0 aromatic heterocycles. The minimum atomic E-state index is -4.26. The van der Waals surface area contributed by atoms with E-state index in [9.17, 15) is 13.2 Å². The second-order valence-electron chi connectivity index (χ2n) is 3.87. The standard InChI is InChI=1S/C9H16F3NO/c1-6(9(10,11)12)14-8-4-2-3-7(13)5-8/h6-8H,2-5,13H2,1H3. The van der Waals surface area contributed by atoms with E-state index in [-0.39, 0.29) is 12.1 Å². The lowest BCUT2D eigenvalue weighted by Crippen LogP contribution is -2.38. The van der Waals surface area contributed by atoms with Crippen LogP contribution in [0.4, 0.5) is 13.2 Å². The molecule has 1 saturated carbocycles. The maximum absolute atomic E-state index is 12.1. The van der Waals surface area contributed by atoms with Gasteiger partial charge in [0.05, 0.1) is 6.10 Å². The molecular formula is C9H16F3NO. The lowest BCUT2D eigenvalue weighted by atomic mass is 9.93. The van der Waals surface area contributed by atoms with Gasteiger partial charge < -0.3 is 10.5 Å². The van der Waals surface area contributed by atoms with Crippen molar-refractivity contribution in [3.05, 3.63) is 0 Å². The van der Waals surface area contributed by atoms with Crippen molar-refractivity contribution < 1.29 is 17.9 Å². The van der Waals surface area contributed by atoms with Gasteiger partial charge in [-0.2, -0.15) is 13.2 Å². The van der Waals surface area contributed by atoms with E-state index >= 15 is 0 Å². The first-order chi connectivity index (χ1) is 6.39. The second kappa shape index (κ2) is 4.49. The Bertz CT molecular complexity index is 183. The summed E-state index contributed by atoms with van der Waals surface area (Å²) in [7, 11) is 0. The lowest BCUT2D eigenvalue weighted by Gasteiger charge is -2.29. The molecule has 5 heteroatoms. The fraction of sp³-hybridized carbons (Fsp3) is 1.00. The van der Waals surface area contributed by atoms with Gasteiger partial charge in [0, 0.05) is 6.04 Å². The third-order valence-corrected chi connectivity index (χ3v) is 2.52. The molecule has 0 spiro atoms. The number of nitrogens with two attached hydrogens (primary N) is 1. The van der Waals surface area contributed by atoms with E-state index in [2.05, 4.69) is 0 Å². The highest BCUT2D eigenvalue weighted by Gasteiger charge is 2.38. The van der Waals surface area contributed by atoms with Crippen LogP contribution in [0.25, 0.3) is 0 Å². The topological polar surface area (TPSA) is 35.2 Å². The quantitative estimate of drug-likeness (QED) is 0.760. The molecule has 84 valence electrons. The molecule has 1 fully saturated rings. The summed E-state index contributed by atoms with van der Waals surface area (Å²) in [5.74, 6) is 0. The van der Waals surface area contributed by atoms with Gasteiger partial charge >= 0.3 is 6.18 Å². The molecule has 0 amide bonds. The minimum Gasteiger partial charge on any atom is -0.366 e.